The Bertz CT molecular complexity index is 596. The summed E-state index contributed by atoms with van der Waals surface area (Å²) in [6.45, 7) is 4.67. The molecule has 0 unspecified atom stereocenters. The normalized spacial score (nSPS) is 14.6. The minimum Gasteiger partial charge on any atom is -0.342 e. The van der Waals surface area contributed by atoms with E-state index in [9.17, 15) is 9.59 Å². The summed E-state index contributed by atoms with van der Waals surface area (Å²) in [5, 5.41) is 11.7. The number of nitrogens with zero attached hydrogens (tertiary/aromatic N) is 2. The number of hydrogen-bond donors (Lipinski definition) is 1. The Morgan fingerprint density at radius 3 is 2.48 bits per heavy atom. The van der Waals surface area contributed by atoms with Gasteiger partial charge >= 0.3 is 0 Å². The summed E-state index contributed by atoms with van der Waals surface area (Å²) >= 11 is 0. The van der Waals surface area contributed by atoms with Crippen LogP contribution >= 0.6 is 0 Å². The summed E-state index contributed by atoms with van der Waals surface area (Å²) in [6.07, 6.45) is 1.97. The zero-order valence-electron chi connectivity index (χ0n) is 12.3. The smallest absolute Gasteiger partial charge is 0.239 e. The standard InChI is InChI=1S/C16H19N3O2/c1-16(2,15(21)19-9-5-6-10-19)14(20)18-13-8-4-3-7-12(13)11-17/h3-4,7-8H,5-6,9-10H2,1-2H3,(H,18,20). The van der Waals surface area contributed by atoms with Gasteiger partial charge in [0.1, 0.15) is 11.5 Å². The first-order valence-electron chi connectivity index (χ1n) is 7.07. The monoisotopic (exact) mass is 285 g/mol. The number of hydrogen-bond acceptors (Lipinski definition) is 3. The minimum atomic E-state index is -1.15. The number of nitrogens with one attached hydrogen (secondary N) is 1. The van der Waals surface area contributed by atoms with Gasteiger partial charge in [0.15, 0.2) is 0 Å². The molecule has 0 aliphatic carbocycles. The van der Waals surface area contributed by atoms with Crippen molar-refractivity contribution < 1.29 is 9.59 Å². The lowest BCUT2D eigenvalue weighted by Crippen LogP contribution is -2.46. The highest BCUT2D eigenvalue weighted by Gasteiger charge is 2.40. The van der Waals surface area contributed by atoms with E-state index in [1.54, 1.807) is 43.0 Å². The fourth-order valence-corrected chi connectivity index (χ4v) is 2.38. The Kier molecular flexibility index (Phi) is 4.27. The Hall–Kier alpha value is -2.35. The fourth-order valence-electron chi connectivity index (χ4n) is 2.38. The molecule has 0 bridgehead atoms. The molecule has 110 valence electrons. The van der Waals surface area contributed by atoms with Gasteiger partial charge in [0, 0.05) is 13.1 Å². The third-order valence-corrected chi connectivity index (χ3v) is 3.79. The first-order valence-corrected chi connectivity index (χ1v) is 7.07. The summed E-state index contributed by atoms with van der Waals surface area (Å²) < 4.78 is 0. The van der Waals surface area contributed by atoms with E-state index in [1.807, 2.05) is 6.07 Å². The van der Waals surface area contributed by atoms with Crippen molar-refractivity contribution in [3.05, 3.63) is 29.8 Å². The molecule has 21 heavy (non-hydrogen) atoms. The number of carbonyl (C=O) groups excluding carboxylic acids is 2. The number of anilines is 1. The summed E-state index contributed by atoms with van der Waals surface area (Å²) in [4.78, 5) is 26.6. The first-order chi connectivity index (χ1) is 9.96. The molecule has 5 nitrogen and oxygen atoms in total. The highest BCUT2D eigenvalue weighted by molar-refractivity contribution is 6.10. The van der Waals surface area contributed by atoms with Gasteiger partial charge in [-0.25, -0.2) is 0 Å². The predicted molar refractivity (Wildman–Crippen MR) is 79.4 cm³/mol. The van der Waals surface area contributed by atoms with Gasteiger partial charge in [-0.1, -0.05) is 12.1 Å². The molecular weight excluding hydrogens is 266 g/mol. The van der Waals surface area contributed by atoms with Crippen molar-refractivity contribution in [2.24, 2.45) is 5.41 Å². The number of benzene rings is 1. The van der Waals surface area contributed by atoms with Crippen molar-refractivity contribution in [1.29, 1.82) is 5.26 Å². The Labute approximate surface area is 124 Å². The summed E-state index contributed by atoms with van der Waals surface area (Å²) in [6, 6.07) is 8.79. The maximum Gasteiger partial charge on any atom is 0.239 e. The van der Waals surface area contributed by atoms with Crippen molar-refractivity contribution in [2.45, 2.75) is 26.7 Å². The van der Waals surface area contributed by atoms with Crippen LogP contribution < -0.4 is 5.32 Å². The SMILES string of the molecule is CC(C)(C(=O)Nc1ccccc1C#N)C(=O)N1CCCC1. The van der Waals surface area contributed by atoms with Crippen molar-refractivity contribution in [3.63, 3.8) is 0 Å². The quantitative estimate of drug-likeness (QED) is 0.865. The highest BCUT2D eigenvalue weighted by atomic mass is 16.2. The molecule has 1 aromatic carbocycles. The Morgan fingerprint density at radius 2 is 1.86 bits per heavy atom. The molecule has 0 saturated carbocycles. The number of likely N-dealkylation sites (tertiary alicyclic amines) is 1. The fraction of sp³-hybridized carbons (Fsp3) is 0.438. The van der Waals surface area contributed by atoms with Crippen LogP contribution in [-0.2, 0) is 9.59 Å². The van der Waals surface area contributed by atoms with Crippen LogP contribution in [0.25, 0.3) is 0 Å². The Balaban J connectivity index is 2.14. The van der Waals surface area contributed by atoms with Crippen molar-refractivity contribution in [3.8, 4) is 6.07 Å². The minimum absolute atomic E-state index is 0.160. The van der Waals surface area contributed by atoms with Crippen molar-refractivity contribution in [2.75, 3.05) is 18.4 Å². The molecule has 1 aliphatic rings. The average molecular weight is 285 g/mol. The Morgan fingerprint density at radius 1 is 1.24 bits per heavy atom. The molecule has 0 aromatic heterocycles. The van der Waals surface area contributed by atoms with E-state index in [-0.39, 0.29) is 11.8 Å². The van der Waals surface area contributed by atoms with Crippen LogP contribution in [0.4, 0.5) is 5.69 Å². The molecule has 1 saturated heterocycles. The van der Waals surface area contributed by atoms with Crippen LogP contribution in [-0.4, -0.2) is 29.8 Å². The van der Waals surface area contributed by atoms with E-state index >= 15 is 0 Å². The predicted octanol–water partition coefficient (Wildman–Crippen LogP) is 2.15. The molecule has 2 rings (SSSR count). The van der Waals surface area contributed by atoms with Crippen LogP contribution in [0, 0.1) is 16.7 Å². The first kappa shape index (κ1) is 15.0. The van der Waals surface area contributed by atoms with Crippen molar-refractivity contribution >= 4 is 17.5 Å². The lowest BCUT2D eigenvalue weighted by molar-refractivity contribution is -0.145. The van der Waals surface area contributed by atoms with Crippen molar-refractivity contribution in [1.82, 2.24) is 4.90 Å². The second-order valence-corrected chi connectivity index (χ2v) is 5.74. The molecule has 1 fully saturated rings. The maximum atomic E-state index is 12.5. The van der Waals surface area contributed by atoms with Gasteiger partial charge in [0.25, 0.3) is 0 Å². The number of rotatable bonds is 3. The van der Waals surface area contributed by atoms with Gasteiger partial charge in [0.05, 0.1) is 11.3 Å². The lowest BCUT2D eigenvalue weighted by Gasteiger charge is -2.28. The molecular formula is C16H19N3O2. The van der Waals surface area contributed by atoms with E-state index in [0.29, 0.717) is 24.3 Å². The van der Waals surface area contributed by atoms with Gasteiger partial charge < -0.3 is 10.2 Å². The lowest BCUT2D eigenvalue weighted by atomic mass is 9.90. The van der Waals surface area contributed by atoms with E-state index in [2.05, 4.69) is 5.32 Å². The molecule has 1 heterocycles. The van der Waals surface area contributed by atoms with E-state index < -0.39 is 5.41 Å². The number of para-hydroxylation sites is 1. The van der Waals surface area contributed by atoms with Crippen LogP contribution in [0.5, 0.6) is 0 Å². The van der Waals surface area contributed by atoms with Gasteiger partial charge in [-0.2, -0.15) is 5.26 Å². The zero-order chi connectivity index (χ0) is 15.5. The average Bonchev–Trinajstić information content (AvgIpc) is 3.01. The van der Waals surface area contributed by atoms with Crippen LogP contribution in [0.2, 0.25) is 0 Å². The van der Waals surface area contributed by atoms with Gasteiger partial charge in [-0.15, -0.1) is 0 Å². The van der Waals surface area contributed by atoms with Crippen LogP contribution in [0.15, 0.2) is 24.3 Å². The molecule has 1 aliphatic heterocycles. The summed E-state index contributed by atoms with van der Waals surface area (Å²) in [7, 11) is 0. The summed E-state index contributed by atoms with van der Waals surface area (Å²) in [5.74, 6) is -0.547. The largest absolute Gasteiger partial charge is 0.342 e. The molecule has 0 atom stereocenters. The van der Waals surface area contributed by atoms with E-state index in [4.69, 9.17) is 5.26 Å². The molecule has 2 amide bonds. The number of carbonyl (C=O) groups is 2. The molecule has 1 N–H and O–H groups in total. The summed E-state index contributed by atoms with van der Waals surface area (Å²) in [5.41, 5.74) is -0.324. The van der Waals surface area contributed by atoms with E-state index in [1.165, 1.54) is 0 Å². The molecule has 0 radical (unpaired) electrons. The van der Waals surface area contributed by atoms with Gasteiger partial charge in [-0.3, -0.25) is 9.59 Å². The van der Waals surface area contributed by atoms with Gasteiger partial charge in [-0.05, 0) is 38.8 Å². The van der Waals surface area contributed by atoms with Crippen LogP contribution in [0.1, 0.15) is 32.3 Å². The second kappa shape index (κ2) is 5.96. The highest BCUT2D eigenvalue weighted by Crippen LogP contribution is 2.25. The van der Waals surface area contributed by atoms with Crippen LogP contribution in [0.3, 0.4) is 0 Å². The van der Waals surface area contributed by atoms with Gasteiger partial charge in [0.2, 0.25) is 11.8 Å². The maximum absolute atomic E-state index is 12.5. The molecule has 1 aromatic rings. The second-order valence-electron chi connectivity index (χ2n) is 5.74. The number of nitriles is 1. The molecule has 5 heteroatoms. The topological polar surface area (TPSA) is 73.2 Å². The number of amides is 2. The third-order valence-electron chi connectivity index (χ3n) is 3.79. The zero-order valence-corrected chi connectivity index (χ0v) is 12.3. The third kappa shape index (κ3) is 3.05. The molecule has 0 spiro atoms. The van der Waals surface area contributed by atoms with E-state index in [0.717, 1.165) is 12.8 Å².